The SMILES string of the molecule is O=C(Nc1ccccc1Oc1ccc(C(=O)O)c(C(=O)O)c1)c1ccnc(Cl)c1. The fourth-order valence-corrected chi connectivity index (χ4v) is 2.65. The summed E-state index contributed by atoms with van der Waals surface area (Å²) in [5.74, 6) is -2.87. The highest BCUT2D eigenvalue weighted by Crippen LogP contribution is 2.31. The molecule has 0 aliphatic rings. The topological polar surface area (TPSA) is 126 Å². The molecule has 146 valence electrons. The first-order chi connectivity index (χ1) is 13.8. The van der Waals surface area contributed by atoms with Crippen LogP contribution in [-0.4, -0.2) is 33.0 Å². The number of pyridine rings is 1. The number of carbonyl (C=O) groups is 3. The summed E-state index contributed by atoms with van der Waals surface area (Å²) in [4.78, 5) is 38.8. The molecule has 0 atom stereocenters. The lowest BCUT2D eigenvalue weighted by Gasteiger charge is -2.13. The highest BCUT2D eigenvalue weighted by atomic mass is 35.5. The van der Waals surface area contributed by atoms with Crippen LogP contribution in [0.4, 0.5) is 5.69 Å². The van der Waals surface area contributed by atoms with Gasteiger partial charge < -0.3 is 20.3 Å². The van der Waals surface area contributed by atoms with E-state index in [9.17, 15) is 19.5 Å². The molecule has 3 aromatic rings. The smallest absolute Gasteiger partial charge is 0.336 e. The second kappa shape index (κ2) is 8.41. The molecule has 0 aliphatic carbocycles. The standard InChI is InChI=1S/C20H13ClN2O6/c21-17-9-11(7-8-22-17)18(24)23-15-3-1-2-4-16(15)29-12-5-6-13(19(25)26)14(10-12)20(27)28/h1-10H,(H,23,24)(H,25,26)(H,27,28). The molecule has 0 aliphatic heterocycles. The molecule has 29 heavy (non-hydrogen) atoms. The van der Waals surface area contributed by atoms with Crippen molar-refractivity contribution in [1.29, 1.82) is 0 Å². The normalized spacial score (nSPS) is 10.2. The van der Waals surface area contributed by atoms with Gasteiger partial charge in [-0.1, -0.05) is 23.7 Å². The van der Waals surface area contributed by atoms with Crippen LogP contribution in [0.25, 0.3) is 0 Å². The van der Waals surface area contributed by atoms with Crippen molar-refractivity contribution in [2.24, 2.45) is 0 Å². The number of nitrogens with zero attached hydrogens (tertiary/aromatic N) is 1. The van der Waals surface area contributed by atoms with E-state index in [1.807, 2.05) is 0 Å². The van der Waals surface area contributed by atoms with Crippen LogP contribution in [0.5, 0.6) is 11.5 Å². The molecule has 8 nitrogen and oxygen atoms in total. The summed E-state index contributed by atoms with van der Waals surface area (Å²) in [6, 6.07) is 13.0. The number of amides is 1. The lowest BCUT2D eigenvalue weighted by Crippen LogP contribution is -2.12. The number of aromatic nitrogens is 1. The van der Waals surface area contributed by atoms with E-state index in [1.54, 1.807) is 24.3 Å². The number of carbonyl (C=O) groups excluding carboxylic acids is 1. The van der Waals surface area contributed by atoms with E-state index in [2.05, 4.69) is 10.3 Å². The number of nitrogens with one attached hydrogen (secondary N) is 1. The summed E-state index contributed by atoms with van der Waals surface area (Å²) < 4.78 is 5.69. The van der Waals surface area contributed by atoms with Crippen molar-refractivity contribution in [3.8, 4) is 11.5 Å². The lowest BCUT2D eigenvalue weighted by molar-refractivity contribution is 0.0651. The summed E-state index contributed by atoms with van der Waals surface area (Å²) in [5.41, 5.74) is -0.160. The zero-order valence-corrected chi connectivity index (χ0v) is 15.4. The molecule has 0 unspecified atom stereocenters. The number of hydrogen-bond donors (Lipinski definition) is 3. The fraction of sp³-hybridized carbons (Fsp3) is 0. The van der Waals surface area contributed by atoms with E-state index in [0.717, 1.165) is 12.1 Å². The molecule has 1 heterocycles. The van der Waals surface area contributed by atoms with Gasteiger partial charge in [-0.2, -0.15) is 0 Å². The molecule has 0 spiro atoms. The van der Waals surface area contributed by atoms with Crippen molar-refractivity contribution in [1.82, 2.24) is 4.98 Å². The molecule has 0 bridgehead atoms. The van der Waals surface area contributed by atoms with E-state index in [-0.39, 0.29) is 22.2 Å². The second-order valence-electron chi connectivity index (χ2n) is 5.74. The van der Waals surface area contributed by atoms with Gasteiger partial charge in [-0.3, -0.25) is 4.79 Å². The monoisotopic (exact) mass is 412 g/mol. The van der Waals surface area contributed by atoms with Gasteiger partial charge in [0.1, 0.15) is 10.9 Å². The van der Waals surface area contributed by atoms with Crippen molar-refractivity contribution in [2.45, 2.75) is 0 Å². The first-order valence-corrected chi connectivity index (χ1v) is 8.53. The van der Waals surface area contributed by atoms with E-state index in [0.29, 0.717) is 11.3 Å². The molecular weight excluding hydrogens is 400 g/mol. The van der Waals surface area contributed by atoms with E-state index < -0.39 is 23.4 Å². The van der Waals surface area contributed by atoms with Crippen LogP contribution in [0, 0.1) is 0 Å². The van der Waals surface area contributed by atoms with Crippen molar-refractivity contribution < 1.29 is 29.3 Å². The maximum Gasteiger partial charge on any atom is 0.336 e. The predicted octanol–water partition coefficient (Wildman–Crippen LogP) is 4.18. The minimum atomic E-state index is -1.40. The third-order valence-electron chi connectivity index (χ3n) is 3.80. The molecular formula is C20H13ClN2O6. The van der Waals surface area contributed by atoms with Gasteiger partial charge in [-0.05, 0) is 42.5 Å². The molecule has 9 heteroatoms. The number of hydrogen-bond acceptors (Lipinski definition) is 5. The van der Waals surface area contributed by atoms with E-state index >= 15 is 0 Å². The van der Waals surface area contributed by atoms with Gasteiger partial charge in [0.15, 0.2) is 5.75 Å². The van der Waals surface area contributed by atoms with E-state index in [1.165, 1.54) is 24.4 Å². The average molecular weight is 413 g/mol. The number of halogens is 1. The largest absolute Gasteiger partial charge is 0.478 e. The fourth-order valence-electron chi connectivity index (χ4n) is 2.47. The van der Waals surface area contributed by atoms with Crippen LogP contribution in [-0.2, 0) is 0 Å². The highest BCUT2D eigenvalue weighted by molar-refractivity contribution is 6.29. The first kappa shape index (κ1) is 19.8. The second-order valence-corrected chi connectivity index (χ2v) is 6.12. The number of benzene rings is 2. The highest BCUT2D eigenvalue weighted by Gasteiger charge is 2.18. The Morgan fingerprint density at radius 3 is 2.34 bits per heavy atom. The summed E-state index contributed by atoms with van der Waals surface area (Å²) in [6.45, 7) is 0. The maximum atomic E-state index is 12.4. The Balaban J connectivity index is 1.88. The van der Waals surface area contributed by atoms with Crippen molar-refractivity contribution >= 4 is 35.1 Å². The number of carboxylic acid groups (broad SMARTS) is 2. The Kier molecular flexibility index (Phi) is 5.75. The van der Waals surface area contributed by atoms with Gasteiger partial charge >= 0.3 is 11.9 Å². The molecule has 0 radical (unpaired) electrons. The Hall–Kier alpha value is -3.91. The van der Waals surface area contributed by atoms with Gasteiger partial charge in [0, 0.05) is 11.8 Å². The molecule has 2 aromatic carbocycles. The van der Waals surface area contributed by atoms with Crippen molar-refractivity contribution in [2.75, 3.05) is 5.32 Å². The third-order valence-corrected chi connectivity index (χ3v) is 4.01. The summed E-state index contributed by atoms with van der Waals surface area (Å²) in [6.07, 6.45) is 1.40. The van der Waals surface area contributed by atoms with Gasteiger partial charge in [-0.15, -0.1) is 0 Å². The average Bonchev–Trinajstić information content (AvgIpc) is 2.69. The number of para-hydroxylation sites is 2. The van der Waals surface area contributed by atoms with E-state index in [4.69, 9.17) is 21.4 Å². The number of ether oxygens (including phenoxy) is 1. The molecule has 0 fully saturated rings. The first-order valence-electron chi connectivity index (χ1n) is 8.15. The third kappa shape index (κ3) is 4.69. The summed E-state index contributed by atoms with van der Waals surface area (Å²) in [5, 5.41) is 21.2. The molecule has 3 N–H and O–H groups in total. The zero-order valence-electron chi connectivity index (χ0n) is 14.6. The van der Waals surface area contributed by atoms with Crippen LogP contribution in [0.2, 0.25) is 5.15 Å². The van der Waals surface area contributed by atoms with Gasteiger partial charge in [-0.25, -0.2) is 14.6 Å². The Labute approximate surface area is 169 Å². The van der Waals surface area contributed by atoms with Crippen LogP contribution in [0.15, 0.2) is 60.8 Å². The maximum absolute atomic E-state index is 12.4. The predicted molar refractivity (Wildman–Crippen MR) is 104 cm³/mol. The molecule has 0 saturated heterocycles. The number of aromatic carboxylic acids is 2. The molecule has 1 aromatic heterocycles. The zero-order chi connectivity index (χ0) is 21.0. The van der Waals surface area contributed by atoms with Crippen LogP contribution in [0.3, 0.4) is 0 Å². The van der Waals surface area contributed by atoms with Crippen LogP contribution >= 0.6 is 11.6 Å². The summed E-state index contributed by atoms with van der Waals surface area (Å²) in [7, 11) is 0. The molecule has 0 saturated carbocycles. The van der Waals surface area contributed by atoms with Crippen LogP contribution in [0.1, 0.15) is 31.1 Å². The lowest BCUT2D eigenvalue weighted by atomic mass is 10.1. The van der Waals surface area contributed by atoms with Gasteiger partial charge in [0.05, 0.1) is 16.8 Å². The minimum absolute atomic E-state index is 0.0982. The Bertz CT molecular complexity index is 1120. The summed E-state index contributed by atoms with van der Waals surface area (Å²) >= 11 is 5.80. The molecule has 3 rings (SSSR count). The van der Waals surface area contributed by atoms with Gasteiger partial charge in [0.25, 0.3) is 5.91 Å². The Morgan fingerprint density at radius 2 is 1.66 bits per heavy atom. The molecule has 1 amide bonds. The van der Waals surface area contributed by atoms with Crippen molar-refractivity contribution in [3.05, 3.63) is 82.6 Å². The Morgan fingerprint density at radius 1 is 0.931 bits per heavy atom. The number of rotatable bonds is 6. The van der Waals surface area contributed by atoms with Crippen LogP contribution < -0.4 is 10.1 Å². The quantitative estimate of drug-likeness (QED) is 0.518. The number of carboxylic acids is 2. The minimum Gasteiger partial charge on any atom is -0.478 e. The van der Waals surface area contributed by atoms with Gasteiger partial charge in [0.2, 0.25) is 0 Å². The number of anilines is 1. The van der Waals surface area contributed by atoms with Crippen molar-refractivity contribution in [3.63, 3.8) is 0 Å².